The van der Waals surface area contributed by atoms with Crippen LogP contribution in [0.1, 0.15) is 40.5 Å². The van der Waals surface area contributed by atoms with Crippen LogP contribution in [0.4, 0.5) is 0 Å². The van der Waals surface area contributed by atoms with Crippen molar-refractivity contribution in [3.63, 3.8) is 0 Å². The van der Waals surface area contributed by atoms with Crippen molar-refractivity contribution in [1.29, 1.82) is 0 Å². The zero-order valence-corrected chi connectivity index (χ0v) is 17.7. The standard InChI is InChI=1S/C15H22Cl5NO3/c1-7(12(16)17)5-10(22)21-9(6-8(2)15(18,19)20)11(23)14(3,4)13(21)24/h7-9,11-12,23H,5-6H2,1-4H3/t7-,8?,9-,11+/m0/s1. The molecular weight excluding hydrogens is 419 g/mol. The fourth-order valence-electron chi connectivity index (χ4n) is 2.70. The summed E-state index contributed by atoms with van der Waals surface area (Å²) in [4.78, 5) is 25.6. The second-order valence-electron chi connectivity index (χ2n) is 7.00. The largest absolute Gasteiger partial charge is 0.390 e. The molecule has 140 valence electrons. The molecule has 1 heterocycles. The number of aliphatic hydroxyl groups excluding tert-OH is 1. The molecule has 4 atom stereocenters. The molecule has 0 aromatic carbocycles. The fourth-order valence-corrected chi connectivity index (χ4v) is 3.15. The van der Waals surface area contributed by atoms with Gasteiger partial charge in [0.25, 0.3) is 0 Å². The van der Waals surface area contributed by atoms with E-state index in [1.807, 2.05) is 0 Å². The molecule has 4 nitrogen and oxygen atoms in total. The van der Waals surface area contributed by atoms with Gasteiger partial charge in [-0.2, -0.15) is 0 Å². The topological polar surface area (TPSA) is 57.6 Å². The second kappa shape index (κ2) is 8.06. The van der Waals surface area contributed by atoms with E-state index in [4.69, 9.17) is 58.0 Å². The molecular formula is C15H22Cl5NO3. The number of amides is 2. The van der Waals surface area contributed by atoms with Crippen LogP contribution in [0.2, 0.25) is 0 Å². The summed E-state index contributed by atoms with van der Waals surface area (Å²) >= 11 is 29.3. The molecule has 0 aliphatic carbocycles. The van der Waals surface area contributed by atoms with E-state index < -0.39 is 43.9 Å². The third-order valence-electron chi connectivity index (χ3n) is 4.55. The van der Waals surface area contributed by atoms with Crippen molar-refractivity contribution >= 4 is 69.8 Å². The van der Waals surface area contributed by atoms with Crippen molar-refractivity contribution in [2.45, 2.75) is 61.3 Å². The van der Waals surface area contributed by atoms with Gasteiger partial charge in [0.15, 0.2) is 3.79 Å². The van der Waals surface area contributed by atoms with Gasteiger partial charge in [-0.1, -0.05) is 48.7 Å². The third-order valence-corrected chi connectivity index (χ3v) is 6.53. The first-order valence-corrected chi connectivity index (χ1v) is 9.61. The lowest BCUT2D eigenvalue weighted by molar-refractivity contribution is -0.147. The second-order valence-corrected chi connectivity index (χ2v) is 10.5. The maximum atomic E-state index is 12.7. The zero-order chi connectivity index (χ0) is 19.0. The van der Waals surface area contributed by atoms with Crippen LogP contribution in [0, 0.1) is 17.3 Å². The summed E-state index contributed by atoms with van der Waals surface area (Å²) in [5.41, 5.74) is -1.10. The summed E-state index contributed by atoms with van der Waals surface area (Å²) in [6.45, 7) is 6.59. The van der Waals surface area contributed by atoms with Gasteiger partial charge in [0.2, 0.25) is 11.8 Å². The average Bonchev–Trinajstić information content (AvgIpc) is 2.58. The first-order chi connectivity index (χ1) is 10.7. The van der Waals surface area contributed by atoms with E-state index >= 15 is 0 Å². The normalized spacial score (nSPS) is 26.8. The number of alkyl halides is 5. The summed E-state index contributed by atoms with van der Waals surface area (Å²) in [5.74, 6) is -1.69. The molecule has 24 heavy (non-hydrogen) atoms. The summed E-state index contributed by atoms with van der Waals surface area (Å²) in [7, 11) is 0. The van der Waals surface area contributed by atoms with Gasteiger partial charge in [0.1, 0.15) is 4.84 Å². The molecule has 0 spiro atoms. The SMILES string of the molecule is CC(C[C@H]1[C@@H](O)C(C)(C)C(=O)N1C(=O)C[C@H](C)C(Cl)Cl)C(Cl)(Cl)Cl. The molecule has 0 saturated carbocycles. The lowest BCUT2D eigenvalue weighted by atomic mass is 9.84. The molecule has 0 radical (unpaired) electrons. The summed E-state index contributed by atoms with van der Waals surface area (Å²) in [5, 5.41) is 10.6. The highest BCUT2D eigenvalue weighted by Crippen LogP contribution is 2.43. The Kier molecular flexibility index (Phi) is 7.58. The van der Waals surface area contributed by atoms with Crippen LogP contribution in [0.3, 0.4) is 0 Å². The summed E-state index contributed by atoms with van der Waals surface area (Å²) in [6, 6.07) is -0.762. The van der Waals surface area contributed by atoms with E-state index in [1.54, 1.807) is 27.7 Å². The Balaban J connectivity index is 3.08. The van der Waals surface area contributed by atoms with Crippen molar-refractivity contribution < 1.29 is 14.7 Å². The quantitative estimate of drug-likeness (QED) is 0.646. The minimum absolute atomic E-state index is 0.00907. The van der Waals surface area contributed by atoms with E-state index in [-0.39, 0.29) is 18.8 Å². The minimum Gasteiger partial charge on any atom is -0.390 e. The predicted molar refractivity (Wildman–Crippen MR) is 98.8 cm³/mol. The highest BCUT2D eigenvalue weighted by atomic mass is 35.6. The first-order valence-electron chi connectivity index (χ1n) is 7.60. The van der Waals surface area contributed by atoms with Gasteiger partial charge in [0, 0.05) is 12.3 Å². The van der Waals surface area contributed by atoms with E-state index in [1.165, 1.54) is 0 Å². The number of likely N-dealkylation sites (tertiary alicyclic amines) is 1. The molecule has 0 aromatic rings. The molecule has 2 amide bonds. The van der Waals surface area contributed by atoms with Crippen LogP contribution < -0.4 is 0 Å². The Hall–Kier alpha value is 0.550. The molecule has 1 aliphatic heterocycles. The number of hydrogen-bond acceptors (Lipinski definition) is 3. The van der Waals surface area contributed by atoms with Gasteiger partial charge in [0.05, 0.1) is 17.6 Å². The highest BCUT2D eigenvalue weighted by molar-refractivity contribution is 6.67. The molecule has 1 N–H and O–H groups in total. The predicted octanol–water partition coefficient (Wildman–Crippen LogP) is 4.34. The minimum atomic E-state index is -1.56. The van der Waals surface area contributed by atoms with Gasteiger partial charge in [-0.3, -0.25) is 14.5 Å². The molecule has 0 bridgehead atoms. The molecule has 0 aromatic heterocycles. The molecule has 1 saturated heterocycles. The smallest absolute Gasteiger partial charge is 0.237 e. The van der Waals surface area contributed by atoms with Crippen LogP contribution in [-0.4, -0.2) is 42.6 Å². The van der Waals surface area contributed by atoms with Crippen LogP contribution in [0.15, 0.2) is 0 Å². The van der Waals surface area contributed by atoms with E-state index in [9.17, 15) is 14.7 Å². The van der Waals surface area contributed by atoms with Crippen molar-refractivity contribution in [3.8, 4) is 0 Å². The van der Waals surface area contributed by atoms with Crippen LogP contribution in [-0.2, 0) is 9.59 Å². The van der Waals surface area contributed by atoms with Gasteiger partial charge in [-0.25, -0.2) is 0 Å². The fraction of sp³-hybridized carbons (Fsp3) is 0.867. The lowest BCUT2D eigenvalue weighted by Gasteiger charge is -2.30. The molecule has 1 unspecified atom stereocenters. The van der Waals surface area contributed by atoms with Crippen LogP contribution in [0.5, 0.6) is 0 Å². The summed E-state index contributed by atoms with van der Waals surface area (Å²) < 4.78 is -1.56. The van der Waals surface area contributed by atoms with Crippen LogP contribution in [0.25, 0.3) is 0 Å². The molecule has 1 aliphatic rings. The summed E-state index contributed by atoms with van der Waals surface area (Å²) in [6.07, 6.45) is -0.884. The van der Waals surface area contributed by atoms with Crippen molar-refractivity contribution in [2.75, 3.05) is 0 Å². The van der Waals surface area contributed by atoms with Crippen molar-refractivity contribution in [1.82, 2.24) is 4.90 Å². The maximum absolute atomic E-state index is 12.7. The monoisotopic (exact) mass is 439 g/mol. The average molecular weight is 442 g/mol. The number of halogens is 5. The molecule has 1 fully saturated rings. The first kappa shape index (κ1) is 22.6. The Morgan fingerprint density at radius 2 is 1.79 bits per heavy atom. The van der Waals surface area contributed by atoms with Gasteiger partial charge < -0.3 is 5.11 Å². The van der Waals surface area contributed by atoms with Gasteiger partial charge in [-0.15, -0.1) is 23.2 Å². The number of aliphatic hydroxyl groups is 1. The Morgan fingerprint density at radius 3 is 2.21 bits per heavy atom. The zero-order valence-electron chi connectivity index (χ0n) is 13.9. The maximum Gasteiger partial charge on any atom is 0.237 e. The van der Waals surface area contributed by atoms with E-state index in [2.05, 4.69) is 0 Å². The van der Waals surface area contributed by atoms with Gasteiger partial charge >= 0.3 is 0 Å². The number of carbonyl (C=O) groups excluding carboxylic acids is 2. The molecule has 9 heteroatoms. The molecule has 1 rings (SSSR count). The number of rotatable bonds is 5. The Morgan fingerprint density at radius 1 is 1.29 bits per heavy atom. The van der Waals surface area contributed by atoms with Gasteiger partial charge in [-0.05, 0) is 26.2 Å². The number of carbonyl (C=O) groups is 2. The lowest BCUT2D eigenvalue weighted by Crippen LogP contribution is -2.44. The highest BCUT2D eigenvalue weighted by Gasteiger charge is 2.56. The number of imide groups is 1. The van der Waals surface area contributed by atoms with E-state index in [0.717, 1.165) is 4.90 Å². The third kappa shape index (κ3) is 4.83. The Bertz CT molecular complexity index is 492. The van der Waals surface area contributed by atoms with Crippen molar-refractivity contribution in [2.24, 2.45) is 17.3 Å². The number of hydrogen-bond donors (Lipinski definition) is 1. The van der Waals surface area contributed by atoms with Crippen LogP contribution >= 0.6 is 58.0 Å². The Labute approximate surface area is 167 Å². The number of nitrogens with zero attached hydrogens (tertiary/aromatic N) is 1. The van der Waals surface area contributed by atoms with E-state index in [0.29, 0.717) is 0 Å². The van der Waals surface area contributed by atoms with Crippen molar-refractivity contribution in [3.05, 3.63) is 0 Å².